The Bertz CT molecular complexity index is 558. The van der Waals surface area contributed by atoms with Gasteiger partial charge in [-0.05, 0) is 40.8 Å². The maximum atomic E-state index is 13.5. The van der Waals surface area contributed by atoms with Crippen LogP contribution in [-0.4, -0.2) is 6.04 Å². The summed E-state index contributed by atoms with van der Waals surface area (Å²) in [7, 11) is 0. The fourth-order valence-corrected chi connectivity index (χ4v) is 2.22. The molecular formula is C18H22FN. The van der Waals surface area contributed by atoms with Gasteiger partial charge in [0, 0.05) is 12.6 Å². The highest BCUT2D eigenvalue weighted by Gasteiger charge is 2.07. The Balaban J connectivity index is 2.33. The monoisotopic (exact) mass is 271 g/mol. The molecular weight excluding hydrogens is 249 g/mol. The number of nitrogens with one attached hydrogen (secondary N) is 1. The molecule has 2 heteroatoms. The lowest BCUT2D eigenvalue weighted by atomic mass is 9.98. The number of benzene rings is 2. The fourth-order valence-electron chi connectivity index (χ4n) is 2.22. The minimum Gasteiger partial charge on any atom is -0.310 e. The minimum atomic E-state index is -0.181. The molecule has 0 saturated heterocycles. The maximum absolute atomic E-state index is 13.5. The highest BCUT2D eigenvalue weighted by Crippen LogP contribution is 2.25. The van der Waals surface area contributed by atoms with E-state index in [0.29, 0.717) is 12.6 Å². The van der Waals surface area contributed by atoms with Crippen LogP contribution in [0.25, 0.3) is 11.1 Å². The van der Waals surface area contributed by atoms with Crippen molar-refractivity contribution in [2.45, 2.75) is 39.8 Å². The molecule has 0 fully saturated rings. The molecule has 1 nitrogen and oxygen atoms in total. The molecule has 0 spiro atoms. The van der Waals surface area contributed by atoms with Crippen molar-refractivity contribution in [3.05, 3.63) is 59.4 Å². The van der Waals surface area contributed by atoms with Gasteiger partial charge in [0.15, 0.2) is 0 Å². The molecule has 0 saturated carbocycles. The van der Waals surface area contributed by atoms with Crippen molar-refractivity contribution < 1.29 is 4.39 Å². The molecule has 0 unspecified atom stereocenters. The van der Waals surface area contributed by atoms with Crippen molar-refractivity contribution in [2.75, 3.05) is 0 Å². The lowest BCUT2D eigenvalue weighted by molar-refractivity contribution is 0.582. The third kappa shape index (κ3) is 3.67. The molecule has 0 aromatic heterocycles. The van der Waals surface area contributed by atoms with Crippen molar-refractivity contribution in [3.8, 4) is 11.1 Å². The van der Waals surface area contributed by atoms with Crippen LogP contribution in [0, 0.1) is 5.82 Å². The summed E-state index contributed by atoms with van der Waals surface area (Å²) in [6.07, 6.45) is 1.03. The van der Waals surface area contributed by atoms with Gasteiger partial charge in [0.1, 0.15) is 5.82 Å². The summed E-state index contributed by atoms with van der Waals surface area (Å²) in [4.78, 5) is 0. The first-order valence-corrected chi connectivity index (χ1v) is 7.21. The topological polar surface area (TPSA) is 12.0 Å². The Morgan fingerprint density at radius 3 is 2.35 bits per heavy atom. The number of hydrogen-bond acceptors (Lipinski definition) is 1. The van der Waals surface area contributed by atoms with E-state index >= 15 is 0 Å². The van der Waals surface area contributed by atoms with E-state index in [2.05, 4.69) is 50.4 Å². The van der Waals surface area contributed by atoms with E-state index in [0.717, 1.165) is 23.1 Å². The Morgan fingerprint density at radius 2 is 1.75 bits per heavy atom. The van der Waals surface area contributed by atoms with Crippen LogP contribution in [0.1, 0.15) is 31.9 Å². The lowest BCUT2D eigenvalue weighted by Gasteiger charge is -2.13. The Hall–Kier alpha value is -1.67. The summed E-state index contributed by atoms with van der Waals surface area (Å²) >= 11 is 0. The molecule has 0 bridgehead atoms. The van der Waals surface area contributed by atoms with Crippen LogP contribution in [0.4, 0.5) is 4.39 Å². The first-order valence-electron chi connectivity index (χ1n) is 7.21. The summed E-state index contributed by atoms with van der Waals surface area (Å²) in [5, 5.41) is 3.36. The van der Waals surface area contributed by atoms with Gasteiger partial charge in [0.2, 0.25) is 0 Å². The van der Waals surface area contributed by atoms with Gasteiger partial charge in [-0.3, -0.25) is 0 Å². The third-order valence-electron chi connectivity index (χ3n) is 3.44. The third-order valence-corrected chi connectivity index (χ3v) is 3.44. The van der Waals surface area contributed by atoms with Crippen molar-refractivity contribution >= 4 is 0 Å². The lowest BCUT2D eigenvalue weighted by Crippen LogP contribution is -2.22. The van der Waals surface area contributed by atoms with Gasteiger partial charge in [-0.25, -0.2) is 4.39 Å². The zero-order valence-electron chi connectivity index (χ0n) is 12.4. The summed E-state index contributed by atoms with van der Waals surface area (Å²) < 4.78 is 13.5. The zero-order chi connectivity index (χ0) is 14.5. The molecule has 0 atom stereocenters. The number of halogens is 1. The van der Waals surface area contributed by atoms with Crippen molar-refractivity contribution in [2.24, 2.45) is 0 Å². The van der Waals surface area contributed by atoms with E-state index in [1.54, 1.807) is 6.07 Å². The van der Waals surface area contributed by atoms with Gasteiger partial charge in [0.05, 0.1) is 0 Å². The summed E-state index contributed by atoms with van der Waals surface area (Å²) in [6.45, 7) is 7.01. The number of aryl methyl sites for hydroxylation is 1. The van der Waals surface area contributed by atoms with E-state index in [-0.39, 0.29) is 5.82 Å². The molecule has 2 aromatic carbocycles. The van der Waals surface area contributed by atoms with Gasteiger partial charge in [-0.1, -0.05) is 51.1 Å². The molecule has 0 aliphatic heterocycles. The van der Waals surface area contributed by atoms with Crippen LogP contribution in [0.2, 0.25) is 0 Å². The van der Waals surface area contributed by atoms with Gasteiger partial charge in [-0.2, -0.15) is 0 Å². The van der Waals surface area contributed by atoms with Crippen LogP contribution in [0.15, 0.2) is 42.5 Å². The molecule has 106 valence electrons. The van der Waals surface area contributed by atoms with Gasteiger partial charge >= 0.3 is 0 Å². The average Bonchev–Trinajstić information content (AvgIpc) is 2.45. The van der Waals surface area contributed by atoms with Crippen LogP contribution < -0.4 is 5.32 Å². The van der Waals surface area contributed by atoms with Gasteiger partial charge < -0.3 is 5.32 Å². The summed E-state index contributed by atoms with van der Waals surface area (Å²) in [5.74, 6) is -0.181. The van der Waals surface area contributed by atoms with E-state index in [1.165, 1.54) is 11.6 Å². The van der Waals surface area contributed by atoms with Gasteiger partial charge in [0.25, 0.3) is 0 Å². The van der Waals surface area contributed by atoms with Crippen LogP contribution >= 0.6 is 0 Å². The number of rotatable bonds is 5. The quantitative estimate of drug-likeness (QED) is 0.841. The summed E-state index contributed by atoms with van der Waals surface area (Å²) in [5.41, 5.74) is 4.56. The zero-order valence-corrected chi connectivity index (χ0v) is 12.4. The van der Waals surface area contributed by atoms with Crippen LogP contribution in [0.5, 0.6) is 0 Å². The minimum absolute atomic E-state index is 0.181. The Labute approximate surface area is 120 Å². The Kier molecular flexibility index (Phi) is 4.91. The second-order valence-corrected chi connectivity index (χ2v) is 5.39. The SMILES string of the molecule is CCc1ccc(-c2ccc(F)cc2CNC(C)C)cc1. The molecule has 0 aliphatic rings. The van der Waals surface area contributed by atoms with Crippen molar-refractivity contribution in [1.29, 1.82) is 0 Å². The highest BCUT2D eigenvalue weighted by molar-refractivity contribution is 5.67. The number of hydrogen-bond donors (Lipinski definition) is 1. The first-order chi connectivity index (χ1) is 9.60. The molecule has 0 aliphatic carbocycles. The maximum Gasteiger partial charge on any atom is 0.123 e. The second-order valence-electron chi connectivity index (χ2n) is 5.39. The van der Waals surface area contributed by atoms with Crippen LogP contribution in [0.3, 0.4) is 0 Å². The van der Waals surface area contributed by atoms with E-state index in [4.69, 9.17) is 0 Å². The Morgan fingerprint density at radius 1 is 1.05 bits per heavy atom. The predicted octanol–water partition coefficient (Wildman–Crippen LogP) is 4.55. The molecule has 20 heavy (non-hydrogen) atoms. The second kappa shape index (κ2) is 6.67. The smallest absolute Gasteiger partial charge is 0.123 e. The van der Waals surface area contributed by atoms with E-state index in [9.17, 15) is 4.39 Å². The molecule has 0 heterocycles. The first kappa shape index (κ1) is 14.7. The molecule has 2 aromatic rings. The molecule has 1 N–H and O–H groups in total. The summed E-state index contributed by atoms with van der Waals surface area (Å²) in [6, 6.07) is 13.9. The van der Waals surface area contributed by atoms with E-state index < -0.39 is 0 Å². The van der Waals surface area contributed by atoms with Gasteiger partial charge in [-0.15, -0.1) is 0 Å². The normalized spacial score (nSPS) is 11.1. The standard InChI is InChI=1S/C18H22FN/c1-4-14-5-7-15(8-6-14)18-10-9-17(19)11-16(18)12-20-13(2)3/h5-11,13,20H,4,12H2,1-3H3. The van der Waals surface area contributed by atoms with Crippen molar-refractivity contribution in [1.82, 2.24) is 5.32 Å². The molecule has 0 radical (unpaired) electrons. The van der Waals surface area contributed by atoms with Crippen LogP contribution in [-0.2, 0) is 13.0 Å². The predicted molar refractivity (Wildman–Crippen MR) is 83.2 cm³/mol. The van der Waals surface area contributed by atoms with E-state index in [1.807, 2.05) is 6.07 Å². The largest absolute Gasteiger partial charge is 0.310 e. The molecule has 2 rings (SSSR count). The average molecular weight is 271 g/mol. The fraction of sp³-hybridized carbons (Fsp3) is 0.333. The van der Waals surface area contributed by atoms with Crippen molar-refractivity contribution in [3.63, 3.8) is 0 Å². The molecule has 0 amide bonds. The highest BCUT2D eigenvalue weighted by atomic mass is 19.1.